The van der Waals surface area contributed by atoms with Gasteiger partial charge in [0.2, 0.25) is 0 Å². The Morgan fingerprint density at radius 2 is 1.97 bits per heavy atom. The van der Waals surface area contributed by atoms with Crippen LogP contribution in [0.25, 0.3) is 0 Å². The SMILES string of the molecule is COc1ccc2c(c1)CC[C@H]1C2=NN(/C(C)=C/C(C)=O)[C@@H]1c1ccc([N+](=O)[O-])cc1. The molecule has 1 aliphatic carbocycles. The number of non-ortho nitro benzene ring substituents is 1. The summed E-state index contributed by atoms with van der Waals surface area (Å²) in [5.74, 6) is 0.903. The molecule has 0 radical (unpaired) electrons. The van der Waals surface area contributed by atoms with Gasteiger partial charge in [0.25, 0.3) is 5.69 Å². The van der Waals surface area contributed by atoms with E-state index in [2.05, 4.69) is 6.07 Å². The van der Waals surface area contributed by atoms with Gasteiger partial charge < -0.3 is 4.74 Å². The van der Waals surface area contributed by atoms with Gasteiger partial charge in [-0.15, -0.1) is 0 Å². The Morgan fingerprint density at radius 1 is 1.23 bits per heavy atom. The number of rotatable bonds is 5. The van der Waals surface area contributed by atoms with Gasteiger partial charge in [0.05, 0.1) is 23.8 Å². The minimum atomic E-state index is -0.400. The number of methoxy groups -OCH3 is 1. The van der Waals surface area contributed by atoms with Crippen LogP contribution in [0.1, 0.15) is 43.0 Å². The third kappa shape index (κ3) is 3.47. The number of hydrogen-bond acceptors (Lipinski definition) is 6. The summed E-state index contributed by atoms with van der Waals surface area (Å²) < 4.78 is 5.36. The van der Waals surface area contributed by atoms with Crippen molar-refractivity contribution >= 4 is 17.2 Å². The normalized spacial score (nSPS) is 20.3. The van der Waals surface area contributed by atoms with Gasteiger partial charge in [0, 0.05) is 35.4 Å². The third-order valence-electron chi connectivity index (χ3n) is 5.74. The number of nitrogens with zero attached hydrogens (tertiary/aromatic N) is 3. The van der Waals surface area contributed by atoms with Crippen molar-refractivity contribution in [1.29, 1.82) is 0 Å². The molecule has 0 unspecified atom stereocenters. The fourth-order valence-electron chi connectivity index (χ4n) is 4.41. The molecule has 7 heteroatoms. The van der Waals surface area contributed by atoms with E-state index < -0.39 is 4.92 Å². The van der Waals surface area contributed by atoms with Crippen molar-refractivity contribution in [3.05, 3.63) is 81.0 Å². The van der Waals surface area contributed by atoms with Crippen molar-refractivity contribution in [2.24, 2.45) is 11.0 Å². The van der Waals surface area contributed by atoms with E-state index in [0.717, 1.165) is 41.1 Å². The first-order chi connectivity index (χ1) is 14.4. The summed E-state index contributed by atoms with van der Waals surface area (Å²) in [5, 5.41) is 17.9. The molecule has 0 amide bonds. The average molecular weight is 405 g/mol. The van der Waals surface area contributed by atoms with Crippen molar-refractivity contribution < 1.29 is 14.5 Å². The molecule has 30 heavy (non-hydrogen) atoms. The monoisotopic (exact) mass is 405 g/mol. The van der Waals surface area contributed by atoms with Gasteiger partial charge in [-0.3, -0.25) is 19.9 Å². The summed E-state index contributed by atoms with van der Waals surface area (Å²) in [5.41, 5.74) is 5.03. The van der Waals surface area contributed by atoms with Crippen LogP contribution in [-0.2, 0) is 11.2 Å². The van der Waals surface area contributed by atoms with Crippen LogP contribution in [0.4, 0.5) is 5.69 Å². The highest BCUT2D eigenvalue weighted by molar-refractivity contribution is 6.06. The highest BCUT2D eigenvalue weighted by Gasteiger charge is 2.42. The van der Waals surface area contributed by atoms with Gasteiger partial charge in [0.15, 0.2) is 5.78 Å². The van der Waals surface area contributed by atoms with Crippen molar-refractivity contribution in [3.8, 4) is 5.75 Å². The maximum absolute atomic E-state index is 11.7. The number of benzene rings is 2. The number of aryl methyl sites for hydroxylation is 1. The fraction of sp³-hybridized carbons (Fsp3) is 0.304. The predicted molar refractivity (Wildman–Crippen MR) is 113 cm³/mol. The minimum Gasteiger partial charge on any atom is -0.497 e. The Balaban J connectivity index is 1.79. The fourth-order valence-corrected chi connectivity index (χ4v) is 4.41. The molecule has 1 aliphatic heterocycles. The van der Waals surface area contributed by atoms with Gasteiger partial charge in [-0.05, 0) is 56.0 Å². The lowest BCUT2D eigenvalue weighted by molar-refractivity contribution is -0.384. The molecule has 0 saturated carbocycles. The predicted octanol–water partition coefficient (Wildman–Crippen LogP) is 4.42. The van der Waals surface area contributed by atoms with Crippen LogP contribution < -0.4 is 4.74 Å². The summed E-state index contributed by atoms with van der Waals surface area (Å²) in [6, 6.07) is 12.5. The lowest BCUT2D eigenvalue weighted by Crippen LogP contribution is -2.28. The Bertz CT molecular complexity index is 1070. The summed E-state index contributed by atoms with van der Waals surface area (Å²) in [6.45, 7) is 3.39. The highest BCUT2D eigenvalue weighted by atomic mass is 16.6. The van der Waals surface area contributed by atoms with Crippen molar-refractivity contribution in [3.63, 3.8) is 0 Å². The first-order valence-corrected chi connectivity index (χ1v) is 9.87. The molecular formula is C23H23N3O4. The van der Waals surface area contributed by atoms with Crippen molar-refractivity contribution in [2.45, 2.75) is 32.7 Å². The number of fused-ring (bicyclic) bond motifs is 3. The molecule has 4 rings (SSSR count). The quantitative estimate of drug-likeness (QED) is 0.418. The molecule has 0 fully saturated rings. The molecule has 2 aromatic rings. The van der Waals surface area contributed by atoms with Crippen LogP contribution in [0.2, 0.25) is 0 Å². The van der Waals surface area contributed by atoms with Gasteiger partial charge in [-0.25, -0.2) is 0 Å². The van der Waals surface area contributed by atoms with E-state index in [1.54, 1.807) is 25.3 Å². The number of carbonyl (C=O) groups excluding carboxylic acids is 1. The largest absolute Gasteiger partial charge is 0.497 e. The highest BCUT2D eigenvalue weighted by Crippen LogP contribution is 2.45. The van der Waals surface area contributed by atoms with Crippen LogP contribution in [0.15, 0.2) is 59.3 Å². The number of ether oxygens (including phenoxy) is 1. The maximum atomic E-state index is 11.7. The zero-order chi connectivity index (χ0) is 21.4. The number of allylic oxidation sites excluding steroid dienone is 2. The molecule has 1 heterocycles. The molecule has 0 saturated heterocycles. The van der Waals surface area contributed by atoms with Gasteiger partial charge in [0.1, 0.15) is 5.75 Å². The van der Waals surface area contributed by atoms with Gasteiger partial charge in [-0.2, -0.15) is 5.10 Å². The molecule has 0 spiro atoms. The Hall–Kier alpha value is -3.48. The molecule has 0 aromatic heterocycles. The number of hydrazone groups is 1. The Kier molecular flexibility index (Phi) is 5.11. The van der Waals surface area contributed by atoms with Gasteiger partial charge in [-0.1, -0.05) is 12.1 Å². The van der Waals surface area contributed by atoms with E-state index in [9.17, 15) is 14.9 Å². The van der Waals surface area contributed by atoms with Crippen LogP contribution in [0.5, 0.6) is 5.75 Å². The summed E-state index contributed by atoms with van der Waals surface area (Å²) in [6.07, 6.45) is 3.36. The van der Waals surface area contributed by atoms with Crippen LogP contribution in [0, 0.1) is 16.0 Å². The van der Waals surface area contributed by atoms with Crippen LogP contribution in [-0.4, -0.2) is 28.5 Å². The molecule has 2 atom stereocenters. The minimum absolute atomic E-state index is 0.0462. The van der Waals surface area contributed by atoms with E-state index in [0.29, 0.717) is 0 Å². The zero-order valence-electron chi connectivity index (χ0n) is 17.2. The number of hydrogen-bond donors (Lipinski definition) is 0. The van der Waals surface area contributed by atoms with Crippen molar-refractivity contribution in [2.75, 3.05) is 7.11 Å². The molecular weight excluding hydrogens is 382 g/mol. The molecule has 0 bridgehead atoms. The molecule has 154 valence electrons. The van der Waals surface area contributed by atoms with E-state index in [1.165, 1.54) is 24.6 Å². The first-order valence-electron chi connectivity index (χ1n) is 9.87. The summed E-state index contributed by atoms with van der Waals surface area (Å²) in [7, 11) is 1.66. The molecule has 2 aromatic carbocycles. The number of nitro benzene ring substituents is 1. The third-order valence-corrected chi connectivity index (χ3v) is 5.74. The number of ketones is 1. The first kappa shape index (κ1) is 19.8. The smallest absolute Gasteiger partial charge is 0.269 e. The zero-order valence-corrected chi connectivity index (χ0v) is 17.2. The lowest BCUT2D eigenvalue weighted by atomic mass is 9.77. The average Bonchev–Trinajstić information content (AvgIpc) is 3.13. The van der Waals surface area contributed by atoms with E-state index in [4.69, 9.17) is 9.84 Å². The van der Waals surface area contributed by atoms with E-state index >= 15 is 0 Å². The van der Waals surface area contributed by atoms with E-state index in [-0.39, 0.29) is 23.4 Å². The van der Waals surface area contributed by atoms with Gasteiger partial charge >= 0.3 is 0 Å². The lowest BCUT2D eigenvalue weighted by Gasteiger charge is -2.31. The number of nitro groups is 1. The van der Waals surface area contributed by atoms with Crippen LogP contribution >= 0.6 is 0 Å². The second-order valence-electron chi connectivity index (χ2n) is 7.69. The topological polar surface area (TPSA) is 85.0 Å². The second-order valence-corrected chi connectivity index (χ2v) is 7.69. The van der Waals surface area contributed by atoms with Crippen molar-refractivity contribution in [1.82, 2.24) is 5.01 Å². The van der Waals surface area contributed by atoms with Crippen LogP contribution in [0.3, 0.4) is 0 Å². The Morgan fingerprint density at radius 3 is 2.60 bits per heavy atom. The standard InChI is InChI=1S/C23H23N3O4/c1-14(12-15(2)27)25-23(16-4-7-18(8-5-16)26(28)29)21-10-6-17-13-19(30-3)9-11-20(17)22(21)24-25/h4-5,7-9,11-13,21,23H,6,10H2,1-3H3/b14-12+/t21-,23+/m0/s1. The summed E-state index contributed by atoms with van der Waals surface area (Å²) in [4.78, 5) is 22.4. The second kappa shape index (κ2) is 7.74. The maximum Gasteiger partial charge on any atom is 0.269 e. The Labute approximate surface area is 174 Å². The molecule has 7 nitrogen and oxygen atoms in total. The molecule has 0 N–H and O–H groups in total. The molecule has 2 aliphatic rings. The summed E-state index contributed by atoms with van der Waals surface area (Å²) >= 11 is 0. The van der Waals surface area contributed by atoms with E-state index in [1.807, 2.05) is 24.1 Å². The number of carbonyl (C=O) groups is 1.